The van der Waals surface area contributed by atoms with Gasteiger partial charge in [-0.3, -0.25) is 4.79 Å². The van der Waals surface area contributed by atoms with E-state index < -0.39 is 5.97 Å². The third-order valence-corrected chi connectivity index (χ3v) is 0.549. The Morgan fingerprint density at radius 1 is 1.56 bits per heavy atom. The van der Waals surface area contributed by atoms with Crippen molar-refractivity contribution in [3.8, 4) is 0 Å². The van der Waals surface area contributed by atoms with E-state index >= 15 is 0 Å². The molecule has 0 amide bonds. The van der Waals surface area contributed by atoms with Crippen molar-refractivity contribution < 1.29 is 23.3 Å². The topological polar surface area (TPSA) is 89.0 Å². The van der Waals surface area contributed by atoms with Crippen molar-refractivity contribution in [1.82, 2.24) is 0 Å². The van der Waals surface area contributed by atoms with Gasteiger partial charge < -0.3 is 18.5 Å². The number of hydrogen-bond donors (Lipinski definition) is 2. The average molecular weight is 164 g/mol. The smallest absolute Gasteiger partial charge is 1.00 e. The first kappa shape index (κ1) is 16.3. The van der Waals surface area contributed by atoms with Crippen LogP contribution in [-0.2, 0) is 4.79 Å². The fourth-order valence-electron chi connectivity index (χ4n) is 0.230. The Bertz CT molecular complexity index is 73.1. The number of aliphatic hydroxyl groups excluding tert-OH is 1. The minimum Gasteiger partial charge on any atom is -1.00 e. The van der Waals surface area contributed by atoms with Gasteiger partial charge in [-0.15, -0.1) is 0 Å². The van der Waals surface area contributed by atoms with Crippen LogP contribution >= 0.6 is 0 Å². The van der Waals surface area contributed by atoms with Crippen LogP contribution in [-0.4, -0.2) is 66.0 Å². The molecule has 0 radical (unpaired) electrons. The van der Waals surface area contributed by atoms with Crippen molar-refractivity contribution in [2.75, 3.05) is 6.61 Å². The molecule has 0 saturated heterocycles. The van der Waals surface area contributed by atoms with Crippen molar-refractivity contribution in [3.05, 3.63) is 0 Å². The van der Waals surface area contributed by atoms with E-state index in [0.717, 1.165) is 0 Å². The summed E-state index contributed by atoms with van der Waals surface area (Å²) in [4.78, 5) is 9.65. The van der Waals surface area contributed by atoms with Crippen LogP contribution in [0.1, 0.15) is 15.7 Å². The van der Waals surface area contributed by atoms with E-state index in [0.29, 0.717) is 6.42 Å². The molecule has 0 aromatic rings. The molecule has 0 unspecified atom stereocenters. The van der Waals surface area contributed by atoms with Gasteiger partial charge in [-0.1, -0.05) is 0 Å². The first-order valence-electron chi connectivity index (χ1n) is 2.10. The summed E-state index contributed by atoms with van der Waals surface area (Å²) in [5.74, 6) is -0.853. The first-order valence-corrected chi connectivity index (χ1v) is 2.10. The second kappa shape index (κ2) is 11.4. The van der Waals surface area contributed by atoms with Crippen LogP contribution < -0.4 is 0 Å². The summed E-state index contributed by atoms with van der Waals surface area (Å²) >= 11 is 0. The number of carboxylic acids is 1. The van der Waals surface area contributed by atoms with Gasteiger partial charge in [0, 0.05) is 13.0 Å². The summed E-state index contributed by atoms with van der Waals surface area (Å²) in [7, 11) is 0. The molecular formula is C4H12CaO4. The molecule has 0 atom stereocenters. The fourth-order valence-corrected chi connectivity index (χ4v) is 0.230. The maximum atomic E-state index is 9.65. The Morgan fingerprint density at radius 2 is 2.00 bits per heavy atom. The molecule has 0 aromatic carbocycles. The van der Waals surface area contributed by atoms with Crippen LogP contribution in [0.3, 0.4) is 0 Å². The Morgan fingerprint density at radius 3 is 2.11 bits per heavy atom. The minimum atomic E-state index is -0.853. The molecule has 0 aliphatic heterocycles. The largest absolute Gasteiger partial charge is 2.00 e. The van der Waals surface area contributed by atoms with Crippen LogP contribution in [0.25, 0.3) is 0 Å². The van der Waals surface area contributed by atoms with E-state index in [4.69, 9.17) is 10.2 Å². The monoisotopic (exact) mass is 164 g/mol. The van der Waals surface area contributed by atoms with Crippen LogP contribution in [0.4, 0.5) is 0 Å². The van der Waals surface area contributed by atoms with Gasteiger partial charge in [0.1, 0.15) is 0 Å². The second-order valence-electron chi connectivity index (χ2n) is 1.22. The molecule has 54 valence electrons. The van der Waals surface area contributed by atoms with Gasteiger partial charge in [0.2, 0.25) is 0 Å². The Labute approximate surface area is 86.2 Å². The van der Waals surface area contributed by atoms with Gasteiger partial charge in [-0.25, -0.2) is 0 Å². The Balaban J connectivity index is -0.0000000300. The number of hydrogen-bond acceptors (Lipinski definition) is 2. The van der Waals surface area contributed by atoms with E-state index in [-0.39, 0.29) is 59.1 Å². The number of aliphatic hydroxyl groups is 1. The molecule has 9 heavy (non-hydrogen) atoms. The molecule has 0 heterocycles. The molecule has 0 spiro atoms. The molecular weight excluding hydrogens is 152 g/mol. The molecule has 0 aliphatic rings. The van der Waals surface area contributed by atoms with Gasteiger partial charge in [-0.05, 0) is 6.42 Å². The van der Waals surface area contributed by atoms with E-state index in [1.165, 1.54) is 0 Å². The normalized spacial score (nSPS) is 6.78. The zero-order valence-corrected chi connectivity index (χ0v) is 7.34. The van der Waals surface area contributed by atoms with Crippen molar-refractivity contribution in [2.24, 2.45) is 0 Å². The average Bonchev–Trinajstić information content (AvgIpc) is 1.61. The van der Waals surface area contributed by atoms with Crippen molar-refractivity contribution in [3.63, 3.8) is 0 Å². The summed E-state index contributed by atoms with van der Waals surface area (Å²) < 4.78 is 0. The quantitative estimate of drug-likeness (QED) is 0.517. The summed E-state index contributed by atoms with van der Waals surface area (Å²) in [5.41, 5.74) is 0. The standard InChI is InChI=1S/C4H8O3.Ca.H2O.2H/c5-3-1-2-4(6)7;;;;/h5H,1-3H2,(H,6,7);;1H2;;/q;+2;;2*-1. The van der Waals surface area contributed by atoms with Crippen molar-refractivity contribution >= 4 is 43.7 Å². The Hall–Kier alpha value is 0.650. The molecule has 0 saturated carbocycles. The van der Waals surface area contributed by atoms with Crippen LogP contribution in [0.5, 0.6) is 0 Å². The van der Waals surface area contributed by atoms with Crippen molar-refractivity contribution in [2.45, 2.75) is 12.8 Å². The first-order chi connectivity index (χ1) is 3.27. The molecule has 0 fully saturated rings. The number of carbonyl (C=O) groups is 1. The molecule has 0 rings (SSSR count). The fraction of sp³-hybridized carbons (Fsp3) is 0.750. The minimum absolute atomic E-state index is 0. The molecule has 0 aliphatic carbocycles. The van der Waals surface area contributed by atoms with Gasteiger partial charge in [0.15, 0.2) is 0 Å². The summed E-state index contributed by atoms with van der Waals surface area (Å²) in [5, 5.41) is 16.0. The molecule has 5 heteroatoms. The van der Waals surface area contributed by atoms with Gasteiger partial charge >= 0.3 is 43.7 Å². The summed E-state index contributed by atoms with van der Waals surface area (Å²) in [6, 6.07) is 0. The SMILES string of the molecule is O.O=C(O)CCCO.[Ca+2].[H-].[H-]. The van der Waals surface area contributed by atoms with Gasteiger partial charge in [0.25, 0.3) is 0 Å². The second-order valence-corrected chi connectivity index (χ2v) is 1.22. The molecule has 0 aromatic heterocycles. The van der Waals surface area contributed by atoms with E-state index in [9.17, 15) is 4.79 Å². The van der Waals surface area contributed by atoms with Crippen LogP contribution in [0, 0.1) is 0 Å². The number of aliphatic carboxylic acids is 1. The predicted octanol–water partition coefficient (Wildman–Crippen LogP) is -1.14. The predicted molar refractivity (Wildman–Crippen MR) is 35.5 cm³/mol. The third-order valence-electron chi connectivity index (χ3n) is 0.549. The van der Waals surface area contributed by atoms with Crippen LogP contribution in [0.2, 0.25) is 0 Å². The van der Waals surface area contributed by atoms with Crippen LogP contribution in [0.15, 0.2) is 0 Å². The third kappa shape index (κ3) is 17.7. The Kier molecular flexibility index (Phi) is 20.8. The van der Waals surface area contributed by atoms with Gasteiger partial charge in [-0.2, -0.15) is 0 Å². The molecule has 4 nitrogen and oxygen atoms in total. The zero-order valence-electron chi connectivity index (χ0n) is 7.13. The maximum Gasteiger partial charge on any atom is 2.00 e. The van der Waals surface area contributed by atoms with E-state index in [2.05, 4.69) is 0 Å². The van der Waals surface area contributed by atoms with E-state index in [1.807, 2.05) is 0 Å². The summed E-state index contributed by atoms with van der Waals surface area (Å²) in [6.45, 7) is -0.0354. The molecule has 4 N–H and O–H groups in total. The number of rotatable bonds is 3. The van der Waals surface area contributed by atoms with Gasteiger partial charge in [0.05, 0.1) is 0 Å². The number of carboxylic acid groups (broad SMARTS) is 1. The van der Waals surface area contributed by atoms with Crippen molar-refractivity contribution in [1.29, 1.82) is 0 Å². The maximum absolute atomic E-state index is 9.65. The molecule has 0 bridgehead atoms. The summed E-state index contributed by atoms with van der Waals surface area (Å²) in [6.07, 6.45) is 0.422. The zero-order chi connectivity index (χ0) is 5.70. The van der Waals surface area contributed by atoms with E-state index in [1.54, 1.807) is 0 Å².